The Morgan fingerprint density at radius 3 is 2.16 bits per heavy atom. The molecule has 0 radical (unpaired) electrons. The van der Waals surface area contributed by atoms with Crippen LogP contribution in [0.5, 0.6) is 11.5 Å². The number of aliphatic hydroxyl groups excluding tert-OH is 1. The fourth-order valence-corrected chi connectivity index (χ4v) is 4.02. The average molecular weight is 422 g/mol. The molecule has 3 aromatic rings. The van der Waals surface area contributed by atoms with Crippen molar-refractivity contribution in [3.8, 4) is 11.5 Å². The number of ether oxygens (including phenoxy) is 2. The first-order valence-corrected chi connectivity index (χ1v) is 10.7. The van der Waals surface area contributed by atoms with Crippen molar-refractivity contribution in [3.63, 3.8) is 0 Å². The van der Waals surface area contributed by atoms with E-state index in [-0.39, 0.29) is 12.6 Å². The van der Waals surface area contributed by atoms with Crippen LogP contribution in [0.15, 0.2) is 72.8 Å². The van der Waals surface area contributed by atoms with Crippen molar-refractivity contribution in [1.82, 2.24) is 5.32 Å². The Kier molecular flexibility index (Phi) is 7.18. The second-order valence-corrected chi connectivity index (χ2v) is 7.74. The summed E-state index contributed by atoms with van der Waals surface area (Å²) in [6.07, 6.45) is 0.721. The summed E-state index contributed by atoms with van der Waals surface area (Å²) in [6, 6.07) is 23.6. The summed E-state index contributed by atoms with van der Waals surface area (Å²) in [5.41, 5.74) is 3.92. The van der Waals surface area contributed by atoms with Gasteiger partial charge in [-0.15, -0.1) is 0 Å². The number of rotatable bonds is 9. The van der Waals surface area contributed by atoms with E-state index in [2.05, 4.69) is 5.32 Å². The third kappa shape index (κ3) is 5.24. The third-order valence-electron chi connectivity index (χ3n) is 5.63. The van der Waals surface area contributed by atoms with Crippen LogP contribution < -0.4 is 14.8 Å². The second kappa shape index (κ2) is 10.4. The Balaban J connectivity index is 1.60. The van der Waals surface area contributed by atoms with Crippen LogP contribution in [0, 0.1) is 0 Å². The summed E-state index contributed by atoms with van der Waals surface area (Å²) in [6.45, 7) is 0.643. The minimum atomic E-state index is -0.711. The van der Waals surface area contributed by atoms with Crippen LogP contribution in [-0.4, -0.2) is 24.4 Å². The summed E-state index contributed by atoms with van der Waals surface area (Å²) >= 11 is 0. The lowest BCUT2D eigenvalue weighted by molar-refractivity contribution is 0.112. The van der Waals surface area contributed by atoms with E-state index in [0.29, 0.717) is 31.1 Å². The average Bonchev–Trinajstić information content (AvgIpc) is 2.82. The molecule has 2 atom stereocenters. The number of halogens is 1. The molecule has 0 saturated heterocycles. The van der Waals surface area contributed by atoms with Gasteiger partial charge < -0.3 is 19.9 Å². The minimum Gasteiger partial charge on any atom is -0.485 e. The number of aliphatic hydroxyl groups is 1. The molecule has 4 rings (SSSR count). The standard InChI is InChI=1S/C26H28FNO3/c27-15-16-28-23-13-11-22-21(25(23)29)12-14-24(30-17-19-7-3-1-4-8-19)26(22)31-18-20-9-5-2-6-10-20/h1-10,12,14,23,25,28-29H,11,13,15-18H2/t23-,25-/m1/s1. The van der Waals surface area contributed by atoms with Crippen LogP contribution in [0.25, 0.3) is 0 Å². The molecule has 162 valence electrons. The van der Waals surface area contributed by atoms with Gasteiger partial charge in [0.1, 0.15) is 19.9 Å². The highest BCUT2D eigenvalue weighted by atomic mass is 19.1. The van der Waals surface area contributed by atoms with E-state index in [1.54, 1.807) is 0 Å². The molecule has 1 aliphatic rings. The zero-order valence-corrected chi connectivity index (χ0v) is 17.5. The summed E-state index contributed by atoms with van der Waals surface area (Å²) in [7, 11) is 0. The predicted molar refractivity (Wildman–Crippen MR) is 119 cm³/mol. The first kappa shape index (κ1) is 21.3. The number of hydrogen-bond acceptors (Lipinski definition) is 4. The topological polar surface area (TPSA) is 50.7 Å². The van der Waals surface area contributed by atoms with E-state index >= 15 is 0 Å². The Morgan fingerprint density at radius 1 is 0.871 bits per heavy atom. The Labute approximate surface area is 182 Å². The van der Waals surface area contributed by atoms with Gasteiger partial charge >= 0.3 is 0 Å². The molecule has 2 N–H and O–H groups in total. The SMILES string of the molecule is O[C@@H]1c2ccc(OCc3ccccc3)c(OCc3ccccc3)c2CC[C@H]1NCCF. The van der Waals surface area contributed by atoms with Gasteiger partial charge in [0.15, 0.2) is 11.5 Å². The smallest absolute Gasteiger partial charge is 0.165 e. The molecule has 0 bridgehead atoms. The van der Waals surface area contributed by atoms with Crippen LogP contribution >= 0.6 is 0 Å². The summed E-state index contributed by atoms with van der Waals surface area (Å²) in [4.78, 5) is 0. The van der Waals surface area contributed by atoms with Gasteiger partial charge in [-0.1, -0.05) is 66.7 Å². The highest BCUT2D eigenvalue weighted by Gasteiger charge is 2.31. The molecule has 0 unspecified atom stereocenters. The van der Waals surface area contributed by atoms with Gasteiger partial charge in [-0.2, -0.15) is 0 Å². The first-order valence-electron chi connectivity index (χ1n) is 10.7. The van der Waals surface area contributed by atoms with E-state index in [4.69, 9.17) is 9.47 Å². The number of nitrogens with one attached hydrogen (secondary N) is 1. The monoisotopic (exact) mass is 421 g/mol. The third-order valence-corrected chi connectivity index (χ3v) is 5.63. The van der Waals surface area contributed by atoms with Crippen molar-refractivity contribution in [3.05, 3.63) is 95.1 Å². The molecule has 0 amide bonds. The molecule has 0 heterocycles. The Bertz CT molecular complexity index is 965. The predicted octanol–water partition coefficient (Wildman–Crippen LogP) is 4.75. The van der Waals surface area contributed by atoms with Gasteiger partial charge in [-0.25, -0.2) is 4.39 Å². The van der Waals surface area contributed by atoms with Crippen molar-refractivity contribution in [2.45, 2.75) is 38.2 Å². The lowest BCUT2D eigenvalue weighted by Gasteiger charge is -2.32. The van der Waals surface area contributed by atoms with Crippen LogP contribution in [0.3, 0.4) is 0 Å². The second-order valence-electron chi connectivity index (χ2n) is 7.74. The summed E-state index contributed by atoms with van der Waals surface area (Å²) < 4.78 is 25.0. The van der Waals surface area contributed by atoms with Gasteiger partial charge in [0.25, 0.3) is 0 Å². The van der Waals surface area contributed by atoms with Crippen molar-refractivity contribution in [2.24, 2.45) is 0 Å². The molecule has 5 heteroatoms. The van der Waals surface area contributed by atoms with Crippen LogP contribution in [0.4, 0.5) is 4.39 Å². The maximum absolute atomic E-state index is 12.6. The fourth-order valence-electron chi connectivity index (χ4n) is 4.02. The molecule has 3 aromatic carbocycles. The molecule has 0 aromatic heterocycles. The van der Waals surface area contributed by atoms with Crippen LogP contribution in [-0.2, 0) is 19.6 Å². The van der Waals surface area contributed by atoms with E-state index < -0.39 is 12.8 Å². The Hall–Kier alpha value is -2.89. The fraction of sp³-hybridized carbons (Fsp3) is 0.308. The summed E-state index contributed by atoms with van der Waals surface area (Å²) in [5.74, 6) is 1.35. The molecule has 0 spiro atoms. The van der Waals surface area contributed by atoms with Crippen LogP contribution in [0.1, 0.15) is 34.8 Å². The Morgan fingerprint density at radius 2 is 1.52 bits per heavy atom. The number of alkyl halides is 1. The molecular weight excluding hydrogens is 393 g/mol. The van der Waals surface area contributed by atoms with Gasteiger partial charge in [0.05, 0.1) is 6.10 Å². The van der Waals surface area contributed by atoms with E-state index in [0.717, 1.165) is 28.7 Å². The minimum absolute atomic E-state index is 0.165. The van der Waals surface area contributed by atoms with Crippen molar-refractivity contribution in [2.75, 3.05) is 13.2 Å². The highest BCUT2D eigenvalue weighted by Crippen LogP contribution is 2.42. The zero-order chi connectivity index (χ0) is 21.5. The molecule has 0 saturated carbocycles. The molecule has 0 aliphatic heterocycles. The van der Waals surface area contributed by atoms with Gasteiger partial charge in [-0.05, 0) is 35.6 Å². The largest absolute Gasteiger partial charge is 0.485 e. The molecular formula is C26H28FNO3. The van der Waals surface area contributed by atoms with E-state index in [1.807, 2.05) is 72.8 Å². The van der Waals surface area contributed by atoms with Crippen molar-refractivity contribution < 1.29 is 19.0 Å². The van der Waals surface area contributed by atoms with Gasteiger partial charge in [0, 0.05) is 18.2 Å². The molecule has 31 heavy (non-hydrogen) atoms. The number of fused-ring (bicyclic) bond motifs is 1. The van der Waals surface area contributed by atoms with Crippen molar-refractivity contribution >= 4 is 0 Å². The van der Waals surface area contributed by atoms with Gasteiger partial charge in [0.2, 0.25) is 0 Å². The van der Waals surface area contributed by atoms with E-state index in [9.17, 15) is 9.50 Å². The molecule has 4 nitrogen and oxygen atoms in total. The highest BCUT2D eigenvalue weighted by molar-refractivity contribution is 5.53. The van der Waals surface area contributed by atoms with Crippen molar-refractivity contribution in [1.29, 1.82) is 0 Å². The lowest BCUT2D eigenvalue weighted by atomic mass is 9.85. The quantitative estimate of drug-likeness (QED) is 0.523. The maximum atomic E-state index is 12.6. The normalized spacial score (nSPS) is 17.7. The molecule has 1 aliphatic carbocycles. The number of benzene rings is 3. The van der Waals surface area contributed by atoms with Gasteiger partial charge in [-0.3, -0.25) is 0 Å². The first-order chi connectivity index (χ1) is 15.3. The summed E-state index contributed by atoms with van der Waals surface area (Å²) in [5, 5.41) is 14.0. The zero-order valence-electron chi connectivity index (χ0n) is 17.5. The molecule has 0 fully saturated rings. The maximum Gasteiger partial charge on any atom is 0.165 e. The lowest BCUT2D eigenvalue weighted by Crippen LogP contribution is -2.39. The van der Waals surface area contributed by atoms with Crippen LogP contribution in [0.2, 0.25) is 0 Å². The van der Waals surface area contributed by atoms with E-state index in [1.165, 1.54) is 0 Å². The number of hydrogen-bond donors (Lipinski definition) is 2.